The van der Waals surface area contributed by atoms with E-state index in [-0.39, 0.29) is 0 Å². The third-order valence-electron chi connectivity index (χ3n) is 5.41. The van der Waals surface area contributed by atoms with Crippen molar-refractivity contribution >= 4 is 27.4 Å². The lowest BCUT2D eigenvalue weighted by Gasteiger charge is -2.36. The topological polar surface area (TPSA) is 44.3 Å². The van der Waals surface area contributed by atoms with Gasteiger partial charge in [0.25, 0.3) is 0 Å². The molecule has 0 bridgehead atoms. The summed E-state index contributed by atoms with van der Waals surface area (Å²) in [6.45, 7) is 6.41. The average Bonchev–Trinajstić information content (AvgIpc) is 2.69. The van der Waals surface area contributed by atoms with Gasteiger partial charge in [-0.2, -0.15) is 0 Å². The van der Waals surface area contributed by atoms with Crippen molar-refractivity contribution in [3.63, 3.8) is 0 Å². The number of anilines is 2. The highest BCUT2D eigenvalue weighted by molar-refractivity contribution is 9.10. The van der Waals surface area contributed by atoms with Gasteiger partial charge in [0.15, 0.2) is 0 Å². The molecule has 1 N–H and O–H groups in total. The molecule has 2 heterocycles. The Morgan fingerprint density at radius 3 is 2.54 bits per heavy atom. The SMILES string of the molecule is Brc1ccc(N2CCN(CCNc3ncnc4c3CCCC4)CC2)cc1. The number of hydrogen-bond donors (Lipinski definition) is 1. The highest BCUT2D eigenvalue weighted by atomic mass is 79.9. The van der Waals surface area contributed by atoms with Gasteiger partial charge in [-0.1, -0.05) is 15.9 Å². The minimum atomic E-state index is 0.946. The largest absolute Gasteiger partial charge is 0.369 e. The number of aromatic nitrogens is 2. The van der Waals surface area contributed by atoms with Crippen LogP contribution in [0.3, 0.4) is 0 Å². The van der Waals surface area contributed by atoms with E-state index >= 15 is 0 Å². The molecule has 0 amide bonds. The first kappa shape index (κ1) is 17.7. The summed E-state index contributed by atoms with van der Waals surface area (Å²) in [5, 5.41) is 3.56. The van der Waals surface area contributed by atoms with Crippen LogP contribution in [0, 0.1) is 0 Å². The van der Waals surface area contributed by atoms with Crippen LogP contribution in [0.15, 0.2) is 35.1 Å². The fraction of sp³-hybridized carbons (Fsp3) is 0.500. The minimum absolute atomic E-state index is 0.946. The van der Waals surface area contributed by atoms with Gasteiger partial charge >= 0.3 is 0 Å². The number of piperazine rings is 1. The molecule has 0 radical (unpaired) electrons. The van der Waals surface area contributed by atoms with Crippen LogP contribution in [0.2, 0.25) is 0 Å². The van der Waals surface area contributed by atoms with Crippen LogP contribution in [-0.4, -0.2) is 54.1 Å². The monoisotopic (exact) mass is 415 g/mol. The number of fused-ring (bicyclic) bond motifs is 1. The van der Waals surface area contributed by atoms with Crippen LogP contribution in [0.5, 0.6) is 0 Å². The molecule has 5 nitrogen and oxygen atoms in total. The summed E-state index contributed by atoms with van der Waals surface area (Å²) in [5.41, 5.74) is 3.91. The van der Waals surface area contributed by atoms with E-state index in [9.17, 15) is 0 Å². The quantitative estimate of drug-likeness (QED) is 0.810. The van der Waals surface area contributed by atoms with Gasteiger partial charge < -0.3 is 10.2 Å². The molecule has 1 aliphatic heterocycles. The van der Waals surface area contributed by atoms with Crippen LogP contribution >= 0.6 is 15.9 Å². The molecule has 2 aliphatic rings. The van der Waals surface area contributed by atoms with Crippen molar-refractivity contribution in [1.82, 2.24) is 14.9 Å². The summed E-state index contributed by atoms with van der Waals surface area (Å²) < 4.78 is 1.14. The van der Waals surface area contributed by atoms with E-state index in [1.165, 1.54) is 29.8 Å². The summed E-state index contributed by atoms with van der Waals surface area (Å²) in [5.74, 6) is 1.06. The normalized spacial score (nSPS) is 17.8. The second-order valence-corrected chi connectivity index (χ2v) is 8.00. The molecule has 4 rings (SSSR count). The third-order valence-corrected chi connectivity index (χ3v) is 5.94. The zero-order valence-corrected chi connectivity index (χ0v) is 16.7. The van der Waals surface area contributed by atoms with E-state index in [0.29, 0.717) is 0 Å². The number of benzene rings is 1. The van der Waals surface area contributed by atoms with Crippen LogP contribution in [-0.2, 0) is 12.8 Å². The van der Waals surface area contributed by atoms with Gasteiger partial charge in [0.1, 0.15) is 12.1 Å². The van der Waals surface area contributed by atoms with Gasteiger partial charge in [0.05, 0.1) is 0 Å². The molecule has 1 fully saturated rings. The van der Waals surface area contributed by atoms with Gasteiger partial charge in [0.2, 0.25) is 0 Å². The summed E-state index contributed by atoms with van der Waals surface area (Å²) >= 11 is 3.51. The molecule has 0 atom stereocenters. The summed E-state index contributed by atoms with van der Waals surface area (Å²) in [6, 6.07) is 8.63. The molecule has 0 spiro atoms. The van der Waals surface area contributed by atoms with Crippen molar-refractivity contribution in [3.8, 4) is 0 Å². The summed E-state index contributed by atoms with van der Waals surface area (Å²) in [7, 11) is 0. The lowest BCUT2D eigenvalue weighted by Crippen LogP contribution is -2.47. The van der Waals surface area contributed by atoms with Crippen LogP contribution < -0.4 is 10.2 Å². The van der Waals surface area contributed by atoms with E-state index in [2.05, 4.69) is 65.3 Å². The van der Waals surface area contributed by atoms with Crippen LogP contribution in [0.25, 0.3) is 0 Å². The Labute approximate surface area is 164 Å². The van der Waals surface area contributed by atoms with E-state index < -0.39 is 0 Å². The Hall–Kier alpha value is -1.66. The zero-order valence-electron chi connectivity index (χ0n) is 15.1. The molecule has 1 aromatic heterocycles. The third kappa shape index (κ3) is 4.18. The molecular weight excluding hydrogens is 390 g/mol. The van der Waals surface area contributed by atoms with Gasteiger partial charge in [-0.05, 0) is 49.9 Å². The molecule has 138 valence electrons. The van der Waals surface area contributed by atoms with Gasteiger partial charge in [-0.3, -0.25) is 4.90 Å². The molecule has 2 aromatic rings. The Kier molecular flexibility index (Phi) is 5.70. The molecule has 1 aromatic carbocycles. The molecule has 1 aliphatic carbocycles. The average molecular weight is 416 g/mol. The highest BCUT2D eigenvalue weighted by Crippen LogP contribution is 2.24. The van der Waals surface area contributed by atoms with Crippen molar-refractivity contribution < 1.29 is 0 Å². The van der Waals surface area contributed by atoms with E-state index in [4.69, 9.17) is 0 Å². The van der Waals surface area contributed by atoms with Crippen molar-refractivity contribution in [2.45, 2.75) is 25.7 Å². The number of aryl methyl sites for hydroxylation is 1. The first-order chi connectivity index (χ1) is 12.8. The maximum Gasteiger partial charge on any atom is 0.132 e. The summed E-state index contributed by atoms with van der Waals surface area (Å²) in [6.07, 6.45) is 6.44. The maximum atomic E-state index is 4.48. The van der Waals surface area contributed by atoms with E-state index in [1.807, 2.05) is 0 Å². The maximum absolute atomic E-state index is 4.48. The Balaban J connectivity index is 1.25. The predicted octanol–water partition coefficient (Wildman–Crippen LogP) is 3.35. The number of nitrogens with one attached hydrogen (secondary N) is 1. The van der Waals surface area contributed by atoms with Gasteiger partial charge in [-0.15, -0.1) is 0 Å². The smallest absolute Gasteiger partial charge is 0.132 e. The van der Waals surface area contributed by atoms with Gasteiger partial charge in [0, 0.05) is 60.7 Å². The van der Waals surface area contributed by atoms with Crippen molar-refractivity contribution in [1.29, 1.82) is 0 Å². The van der Waals surface area contributed by atoms with Crippen LogP contribution in [0.4, 0.5) is 11.5 Å². The number of rotatable bonds is 5. The standard InChI is InChI=1S/C20H26BrN5/c21-16-5-7-17(8-6-16)26-13-11-25(12-14-26)10-9-22-20-18-3-1-2-4-19(18)23-15-24-20/h5-8,15H,1-4,9-14H2,(H,22,23,24). The van der Waals surface area contributed by atoms with E-state index in [0.717, 1.165) is 62.4 Å². The fourth-order valence-corrected chi connectivity index (χ4v) is 4.15. The first-order valence-corrected chi connectivity index (χ1v) is 10.4. The second-order valence-electron chi connectivity index (χ2n) is 7.09. The highest BCUT2D eigenvalue weighted by Gasteiger charge is 2.18. The molecule has 1 saturated heterocycles. The predicted molar refractivity (Wildman–Crippen MR) is 110 cm³/mol. The zero-order chi connectivity index (χ0) is 17.8. The van der Waals surface area contributed by atoms with Crippen molar-refractivity contribution in [3.05, 3.63) is 46.3 Å². The van der Waals surface area contributed by atoms with E-state index in [1.54, 1.807) is 6.33 Å². The number of halogens is 1. The molecule has 6 heteroatoms. The number of hydrogen-bond acceptors (Lipinski definition) is 5. The molecule has 0 unspecified atom stereocenters. The molecular formula is C20H26BrN5. The minimum Gasteiger partial charge on any atom is -0.369 e. The lowest BCUT2D eigenvalue weighted by atomic mass is 9.96. The van der Waals surface area contributed by atoms with Crippen molar-refractivity contribution in [2.24, 2.45) is 0 Å². The molecule has 0 saturated carbocycles. The lowest BCUT2D eigenvalue weighted by molar-refractivity contribution is 0.267. The molecule has 26 heavy (non-hydrogen) atoms. The fourth-order valence-electron chi connectivity index (χ4n) is 3.89. The Morgan fingerprint density at radius 2 is 1.73 bits per heavy atom. The Bertz CT molecular complexity index is 725. The van der Waals surface area contributed by atoms with Crippen LogP contribution in [0.1, 0.15) is 24.1 Å². The first-order valence-electron chi connectivity index (χ1n) is 9.59. The second kappa shape index (κ2) is 8.35. The number of nitrogens with zero attached hydrogens (tertiary/aromatic N) is 4. The van der Waals surface area contributed by atoms with Crippen molar-refractivity contribution in [2.75, 3.05) is 49.5 Å². The van der Waals surface area contributed by atoms with Gasteiger partial charge in [-0.25, -0.2) is 9.97 Å². The Morgan fingerprint density at radius 1 is 0.962 bits per heavy atom. The summed E-state index contributed by atoms with van der Waals surface area (Å²) in [4.78, 5) is 13.9.